The van der Waals surface area contributed by atoms with E-state index in [2.05, 4.69) is 15.3 Å². The quantitative estimate of drug-likeness (QED) is 0.566. The summed E-state index contributed by atoms with van der Waals surface area (Å²) < 4.78 is 5.11. The summed E-state index contributed by atoms with van der Waals surface area (Å²) in [7, 11) is 1.52. The molecule has 3 aromatic rings. The Morgan fingerprint density at radius 3 is 2.90 bits per heavy atom. The van der Waals surface area contributed by atoms with Crippen molar-refractivity contribution in [2.45, 2.75) is 0 Å². The molecule has 0 spiro atoms. The summed E-state index contributed by atoms with van der Waals surface area (Å²) in [6.45, 7) is 0. The molecule has 0 aliphatic heterocycles. The van der Waals surface area contributed by atoms with Gasteiger partial charge in [0, 0.05) is 17.8 Å². The van der Waals surface area contributed by atoms with Crippen LogP contribution in [0.3, 0.4) is 0 Å². The van der Waals surface area contributed by atoms with Gasteiger partial charge in [0.05, 0.1) is 29.4 Å². The Morgan fingerprint density at radius 2 is 2.14 bits per heavy atom. The number of ether oxygens (including phenoxy) is 1. The van der Waals surface area contributed by atoms with Gasteiger partial charge in [-0.15, -0.1) is 0 Å². The van der Waals surface area contributed by atoms with Crippen LogP contribution in [0.5, 0.6) is 5.75 Å². The highest BCUT2D eigenvalue weighted by Gasteiger charge is 2.15. The van der Waals surface area contributed by atoms with Crippen LogP contribution in [0.2, 0.25) is 0 Å². The van der Waals surface area contributed by atoms with E-state index in [4.69, 9.17) is 4.74 Å². The maximum absolute atomic E-state index is 11.1. The Bertz CT molecular complexity index is 813. The molecule has 7 nitrogen and oxygen atoms in total. The van der Waals surface area contributed by atoms with E-state index in [-0.39, 0.29) is 5.69 Å². The maximum atomic E-state index is 11.1. The molecule has 2 N–H and O–H groups in total. The van der Waals surface area contributed by atoms with Gasteiger partial charge in [-0.25, -0.2) is 4.98 Å². The Hall–Kier alpha value is -3.09. The SMILES string of the molecule is COc1ccc([N+](=O)[O-])c(Nc2ccc3nc[nH]c3c2)c1. The van der Waals surface area contributed by atoms with Gasteiger partial charge in [0.25, 0.3) is 5.69 Å². The smallest absolute Gasteiger partial charge is 0.292 e. The third kappa shape index (κ3) is 2.48. The van der Waals surface area contributed by atoms with E-state index < -0.39 is 4.92 Å². The lowest BCUT2D eigenvalue weighted by Crippen LogP contribution is -1.98. The highest BCUT2D eigenvalue weighted by atomic mass is 16.6. The molecule has 0 aliphatic carbocycles. The molecule has 2 aromatic carbocycles. The molecule has 0 saturated heterocycles. The minimum Gasteiger partial charge on any atom is -0.497 e. The van der Waals surface area contributed by atoms with Crippen LogP contribution >= 0.6 is 0 Å². The number of nitrogens with one attached hydrogen (secondary N) is 2. The highest BCUT2D eigenvalue weighted by Crippen LogP contribution is 2.31. The first-order valence-corrected chi connectivity index (χ1v) is 6.20. The van der Waals surface area contributed by atoms with Crippen molar-refractivity contribution in [3.63, 3.8) is 0 Å². The van der Waals surface area contributed by atoms with Crippen LogP contribution in [0, 0.1) is 10.1 Å². The third-order valence-corrected chi connectivity index (χ3v) is 3.10. The number of benzene rings is 2. The second-order valence-electron chi connectivity index (χ2n) is 4.40. The summed E-state index contributed by atoms with van der Waals surface area (Å²) in [5, 5.41) is 14.1. The fourth-order valence-electron chi connectivity index (χ4n) is 2.07. The molecule has 106 valence electrons. The molecule has 0 amide bonds. The van der Waals surface area contributed by atoms with Crippen LogP contribution in [-0.4, -0.2) is 22.0 Å². The molecule has 0 unspecified atom stereocenters. The molecule has 21 heavy (non-hydrogen) atoms. The summed E-state index contributed by atoms with van der Waals surface area (Å²) >= 11 is 0. The Labute approximate surface area is 119 Å². The Morgan fingerprint density at radius 1 is 1.29 bits per heavy atom. The second kappa shape index (κ2) is 5.12. The molecule has 0 bridgehead atoms. The van der Waals surface area contributed by atoms with Crippen molar-refractivity contribution in [2.75, 3.05) is 12.4 Å². The summed E-state index contributed by atoms with van der Waals surface area (Å²) in [4.78, 5) is 17.8. The predicted octanol–water partition coefficient (Wildman–Crippen LogP) is 3.22. The van der Waals surface area contributed by atoms with Gasteiger partial charge in [-0.3, -0.25) is 10.1 Å². The maximum Gasteiger partial charge on any atom is 0.292 e. The average Bonchev–Trinajstić information content (AvgIpc) is 2.94. The van der Waals surface area contributed by atoms with Crippen molar-refractivity contribution in [1.82, 2.24) is 9.97 Å². The lowest BCUT2D eigenvalue weighted by atomic mass is 10.2. The van der Waals surface area contributed by atoms with Crippen LogP contribution in [0.4, 0.5) is 17.1 Å². The highest BCUT2D eigenvalue weighted by molar-refractivity contribution is 5.81. The van der Waals surface area contributed by atoms with Gasteiger partial charge in [0.15, 0.2) is 0 Å². The number of nitro groups is 1. The van der Waals surface area contributed by atoms with E-state index >= 15 is 0 Å². The average molecular weight is 284 g/mol. The number of aromatic amines is 1. The number of fused-ring (bicyclic) bond motifs is 1. The standard InChI is InChI=1S/C14H12N4O3/c1-21-10-3-5-14(18(19)20)13(7-10)17-9-2-4-11-12(6-9)16-8-15-11/h2-8,17H,1H3,(H,15,16). The van der Waals surface area contributed by atoms with Crippen molar-refractivity contribution in [3.05, 3.63) is 52.8 Å². The van der Waals surface area contributed by atoms with E-state index in [0.717, 1.165) is 16.7 Å². The number of anilines is 2. The fraction of sp³-hybridized carbons (Fsp3) is 0.0714. The van der Waals surface area contributed by atoms with E-state index in [1.54, 1.807) is 18.5 Å². The van der Waals surface area contributed by atoms with Crippen molar-refractivity contribution in [3.8, 4) is 5.75 Å². The first kappa shape index (κ1) is 12.9. The van der Waals surface area contributed by atoms with E-state index in [1.165, 1.54) is 13.2 Å². The fourth-order valence-corrected chi connectivity index (χ4v) is 2.07. The largest absolute Gasteiger partial charge is 0.497 e. The number of hydrogen-bond donors (Lipinski definition) is 2. The van der Waals surface area contributed by atoms with Crippen molar-refractivity contribution >= 4 is 28.1 Å². The number of imidazole rings is 1. The first-order valence-electron chi connectivity index (χ1n) is 6.20. The summed E-state index contributed by atoms with van der Waals surface area (Å²) in [5.41, 5.74) is 2.77. The zero-order valence-corrected chi connectivity index (χ0v) is 11.2. The lowest BCUT2D eigenvalue weighted by Gasteiger charge is -2.09. The summed E-state index contributed by atoms with van der Waals surface area (Å²) in [6.07, 6.45) is 1.60. The van der Waals surface area contributed by atoms with Gasteiger partial charge in [-0.1, -0.05) is 0 Å². The summed E-state index contributed by atoms with van der Waals surface area (Å²) in [6, 6.07) is 10.0. The Balaban J connectivity index is 2.00. The van der Waals surface area contributed by atoms with Gasteiger partial charge in [-0.2, -0.15) is 0 Å². The van der Waals surface area contributed by atoms with Gasteiger partial charge in [-0.05, 0) is 24.3 Å². The molecule has 1 heterocycles. The predicted molar refractivity (Wildman–Crippen MR) is 79.0 cm³/mol. The van der Waals surface area contributed by atoms with Crippen LogP contribution in [0.15, 0.2) is 42.7 Å². The zero-order valence-electron chi connectivity index (χ0n) is 11.2. The molecule has 0 fully saturated rings. The molecular weight excluding hydrogens is 272 g/mol. The number of rotatable bonds is 4. The molecule has 7 heteroatoms. The number of methoxy groups -OCH3 is 1. The van der Waals surface area contributed by atoms with Crippen LogP contribution in [0.1, 0.15) is 0 Å². The number of aromatic nitrogens is 2. The second-order valence-corrected chi connectivity index (χ2v) is 4.40. The molecule has 3 rings (SSSR count). The third-order valence-electron chi connectivity index (χ3n) is 3.10. The van der Waals surface area contributed by atoms with Crippen molar-refractivity contribution in [1.29, 1.82) is 0 Å². The van der Waals surface area contributed by atoms with Gasteiger partial charge in [0.1, 0.15) is 11.4 Å². The monoisotopic (exact) mass is 284 g/mol. The van der Waals surface area contributed by atoms with Crippen LogP contribution in [-0.2, 0) is 0 Å². The van der Waals surface area contributed by atoms with E-state index in [0.29, 0.717) is 11.4 Å². The molecule has 0 aliphatic rings. The van der Waals surface area contributed by atoms with Crippen LogP contribution < -0.4 is 10.1 Å². The number of nitro benzene ring substituents is 1. The minimum absolute atomic E-state index is 0.0134. The van der Waals surface area contributed by atoms with Crippen LogP contribution in [0.25, 0.3) is 11.0 Å². The number of hydrogen-bond acceptors (Lipinski definition) is 5. The Kier molecular flexibility index (Phi) is 3.15. The lowest BCUT2D eigenvalue weighted by molar-refractivity contribution is -0.383. The zero-order chi connectivity index (χ0) is 14.8. The van der Waals surface area contributed by atoms with Gasteiger partial charge >= 0.3 is 0 Å². The van der Waals surface area contributed by atoms with E-state index in [1.807, 2.05) is 18.2 Å². The topological polar surface area (TPSA) is 93.1 Å². The van der Waals surface area contributed by atoms with Gasteiger partial charge in [0.2, 0.25) is 0 Å². The molecule has 0 saturated carbocycles. The van der Waals surface area contributed by atoms with Gasteiger partial charge < -0.3 is 15.0 Å². The normalized spacial score (nSPS) is 10.5. The molecule has 0 radical (unpaired) electrons. The first-order chi connectivity index (χ1) is 10.2. The van der Waals surface area contributed by atoms with E-state index in [9.17, 15) is 10.1 Å². The molecule has 0 atom stereocenters. The summed E-state index contributed by atoms with van der Waals surface area (Å²) in [5.74, 6) is 0.547. The molecular formula is C14H12N4O3. The molecule has 1 aromatic heterocycles. The van der Waals surface area contributed by atoms with Crippen molar-refractivity contribution < 1.29 is 9.66 Å². The number of nitrogens with zero attached hydrogens (tertiary/aromatic N) is 2. The minimum atomic E-state index is -0.434. The van der Waals surface area contributed by atoms with Crippen molar-refractivity contribution in [2.24, 2.45) is 0 Å². The number of H-pyrrole nitrogens is 1.